The average molecular weight is 261 g/mol. The maximum absolute atomic E-state index is 5.42. The fraction of sp³-hybridized carbons (Fsp3) is 0.167. The van der Waals surface area contributed by atoms with Crippen molar-refractivity contribution >= 4 is 23.0 Å². The highest BCUT2D eigenvalue weighted by molar-refractivity contribution is 7.09. The maximum atomic E-state index is 5.42. The number of aliphatic imine (C=N–C) groups is 1. The number of hydrazine groups is 1. The van der Waals surface area contributed by atoms with Crippen molar-refractivity contribution in [3.8, 4) is 0 Å². The molecule has 0 aliphatic heterocycles. The average Bonchev–Trinajstić information content (AvgIpc) is 2.92. The molecule has 1 aromatic carbocycles. The summed E-state index contributed by atoms with van der Waals surface area (Å²) in [7, 11) is 0. The summed E-state index contributed by atoms with van der Waals surface area (Å²) in [5.41, 5.74) is 3.50. The number of aromatic nitrogens is 1. The Morgan fingerprint density at radius 1 is 1.33 bits per heavy atom. The van der Waals surface area contributed by atoms with Gasteiger partial charge >= 0.3 is 0 Å². The van der Waals surface area contributed by atoms with Crippen molar-refractivity contribution in [2.75, 3.05) is 11.9 Å². The van der Waals surface area contributed by atoms with Crippen LogP contribution in [0.25, 0.3) is 0 Å². The molecule has 0 atom stereocenters. The number of nitrogens with two attached hydrogens (primary N) is 1. The third-order valence-electron chi connectivity index (χ3n) is 2.25. The fourth-order valence-electron chi connectivity index (χ4n) is 1.42. The number of nitrogens with zero attached hydrogens (tertiary/aromatic N) is 2. The molecule has 0 aliphatic rings. The Morgan fingerprint density at radius 2 is 2.17 bits per heavy atom. The van der Waals surface area contributed by atoms with Crippen molar-refractivity contribution in [2.45, 2.75) is 6.42 Å². The van der Waals surface area contributed by atoms with Gasteiger partial charge in [-0.05, 0) is 12.1 Å². The van der Waals surface area contributed by atoms with Gasteiger partial charge in [-0.1, -0.05) is 18.2 Å². The van der Waals surface area contributed by atoms with Crippen LogP contribution >= 0.6 is 11.3 Å². The van der Waals surface area contributed by atoms with Crippen LogP contribution < -0.4 is 16.6 Å². The van der Waals surface area contributed by atoms with Crippen LogP contribution in [0.5, 0.6) is 0 Å². The zero-order chi connectivity index (χ0) is 12.6. The standard InChI is InChI=1S/C12H15N5S/c13-17-12(16-10-4-2-1-3-5-10)15-7-6-11-14-8-9-18-11/h1-5,8-9H,6-7,13H2,(H2,15,16,17). The lowest BCUT2D eigenvalue weighted by Gasteiger charge is -2.08. The number of benzene rings is 1. The van der Waals surface area contributed by atoms with E-state index in [4.69, 9.17) is 5.84 Å². The van der Waals surface area contributed by atoms with Gasteiger partial charge in [-0.25, -0.2) is 10.8 Å². The van der Waals surface area contributed by atoms with Crippen LogP contribution in [0.1, 0.15) is 5.01 Å². The Labute approximate surface area is 110 Å². The number of nitrogens with one attached hydrogen (secondary N) is 2. The minimum Gasteiger partial charge on any atom is -0.325 e. The van der Waals surface area contributed by atoms with E-state index in [-0.39, 0.29) is 0 Å². The molecular weight excluding hydrogens is 246 g/mol. The summed E-state index contributed by atoms with van der Waals surface area (Å²) in [5, 5.41) is 6.15. The Bertz CT molecular complexity index is 480. The molecule has 2 aromatic rings. The van der Waals surface area contributed by atoms with Crippen molar-refractivity contribution in [3.05, 3.63) is 46.9 Å². The third kappa shape index (κ3) is 3.83. The van der Waals surface area contributed by atoms with Gasteiger partial charge in [0.1, 0.15) is 0 Å². The number of guanidine groups is 1. The van der Waals surface area contributed by atoms with Gasteiger partial charge in [-0.15, -0.1) is 11.3 Å². The molecule has 0 saturated heterocycles. The molecule has 94 valence electrons. The molecule has 1 aromatic heterocycles. The van der Waals surface area contributed by atoms with Gasteiger partial charge in [0.15, 0.2) is 0 Å². The van der Waals surface area contributed by atoms with Gasteiger partial charge in [0.05, 0.1) is 5.01 Å². The number of hydrogen-bond donors (Lipinski definition) is 3. The quantitative estimate of drug-likeness (QED) is 0.338. The smallest absolute Gasteiger partial charge is 0.210 e. The van der Waals surface area contributed by atoms with Crippen LogP contribution in [0, 0.1) is 0 Å². The maximum Gasteiger partial charge on any atom is 0.210 e. The van der Waals surface area contributed by atoms with E-state index in [1.165, 1.54) is 0 Å². The molecule has 0 amide bonds. The second-order valence-electron chi connectivity index (χ2n) is 3.54. The second-order valence-corrected chi connectivity index (χ2v) is 4.52. The highest BCUT2D eigenvalue weighted by Crippen LogP contribution is 2.06. The largest absolute Gasteiger partial charge is 0.325 e. The molecule has 0 spiro atoms. The monoisotopic (exact) mass is 261 g/mol. The van der Waals surface area contributed by atoms with Gasteiger partial charge in [-0.2, -0.15) is 0 Å². The fourth-order valence-corrected chi connectivity index (χ4v) is 2.03. The molecule has 18 heavy (non-hydrogen) atoms. The lowest BCUT2D eigenvalue weighted by molar-refractivity contribution is 0.921. The van der Waals surface area contributed by atoms with E-state index in [2.05, 4.69) is 20.7 Å². The first-order valence-electron chi connectivity index (χ1n) is 5.60. The first-order chi connectivity index (χ1) is 8.88. The number of rotatable bonds is 4. The predicted molar refractivity (Wildman–Crippen MR) is 75.5 cm³/mol. The molecule has 0 fully saturated rings. The van der Waals surface area contributed by atoms with Gasteiger partial charge in [0.25, 0.3) is 0 Å². The van der Waals surface area contributed by atoms with Gasteiger partial charge in [0.2, 0.25) is 5.96 Å². The molecule has 6 heteroatoms. The van der Waals surface area contributed by atoms with Crippen LogP contribution in [0.15, 0.2) is 46.9 Å². The van der Waals surface area contributed by atoms with E-state index in [0.29, 0.717) is 12.5 Å². The van der Waals surface area contributed by atoms with Crippen molar-refractivity contribution in [1.29, 1.82) is 0 Å². The first kappa shape index (κ1) is 12.5. The molecule has 2 rings (SSSR count). The van der Waals surface area contributed by atoms with Crippen LogP contribution in [0.4, 0.5) is 5.69 Å². The highest BCUT2D eigenvalue weighted by Gasteiger charge is 1.98. The first-order valence-corrected chi connectivity index (χ1v) is 6.48. The molecule has 4 N–H and O–H groups in total. The Kier molecular flexibility index (Phi) is 4.68. The predicted octanol–water partition coefficient (Wildman–Crippen LogP) is 1.62. The van der Waals surface area contributed by atoms with Gasteiger partial charge in [0, 0.05) is 30.2 Å². The van der Waals surface area contributed by atoms with Crippen molar-refractivity contribution in [1.82, 2.24) is 10.4 Å². The molecule has 5 nitrogen and oxygen atoms in total. The van der Waals surface area contributed by atoms with E-state index < -0.39 is 0 Å². The zero-order valence-electron chi connectivity index (χ0n) is 9.84. The molecule has 0 unspecified atom stereocenters. The summed E-state index contributed by atoms with van der Waals surface area (Å²) in [4.78, 5) is 8.55. The van der Waals surface area contributed by atoms with Crippen LogP contribution in [0.3, 0.4) is 0 Å². The SMILES string of the molecule is NNC(=NCCc1nccs1)Nc1ccccc1. The molecule has 0 aliphatic carbocycles. The van der Waals surface area contributed by atoms with E-state index >= 15 is 0 Å². The molecule has 1 heterocycles. The summed E-state index contributed by atoms with van der Waals surface area (Å²) < 4.78 is 0. The lowest BCUT2D eigenvalue weighted by Crippen LogP contribution is -2.36. The Hall–Kier alpha value is -1.92. The Balaban J connectivity index is 1.88. The number of para-hydroxylation sites is 1. The summed E-state index contributed by atoms with van der Waals surface area (Å²) >= 11 is 1.63. The van der Waals surface area contributed by atoms with Crippen molar-refractivity contribution in [3.63, 3.8) is 0 Å². The van der Waals surface area contributed by atoms with Crippen molar-refractivity contribution < 1.29 is 0 Å². The highest BCUT2D eigenvalue weighted by atomic mass is 32.1. The van der Waals surface area contributed by atoms with Crippen molar-refractivity contribution in [2.24, 2.45) is 10.8 Å². The number of thiazole rings is 1. The summed E-state index contributed by atoms with van der Waals surface area (Å²) in [6.45, 7) is 0.646. The number of hydrogen-bond acceptors (Lipinski definition) is 4. The van der Waals surface area contributed by atoms with E-state index in [0.717, 1.165) is 17.1 Å². The second kappa shape index (κ2) is 6.73. The van der Waals surface area contributed by atoms with Gasteiger partial charge in [-0.3, -0.25) is 10.4 Å². The molecule has 0 bridgehead atoms. The van der Waals surface area contributed by atoms with Crippen LogP contribution in [-0.2, 0) is 6.42 Å². The summed E-state index contributed by atoms with van der Waals surface area (Å²) in [6, 6.07) is 9.76. The third-order valence-corrected chi connectivity index (χ3v) is 3.09. The zero-order valence-corrected chi connectivity index (χ0v) is 10.7. The topological polar surface area (TPSA) is 75.3 Å². The van der Waals surface area contributed by atoms with Crippen LogP contribution in [-0.4, -0.2) is 17.5 Å². The van der Waals surface area contributed by atoms with E-state index in [9.17, 15) is 0 Å². The molecular formula is C12H15N5S. The number of anilines is 1. The minimum absolute atomic E-state index is 0.553. The normalized spacial score (nSPS) is 11.3. The van der Waals surface area contributed by atoms with E-state index in [1.807, 2.05) is 35.7 Å². The summed E-state index contributed by atoms with van der Waals surface area (Å²) in [6.07, 6.45) is 2.62. The summed E-state index contributed by atoms with van der Waals surface area (Å²) in [5.74, 6) is 5.98. The molecule has 0 saturated carbocycles. The van der Waals surface area contributed by atoms with Gasteiger partial charge < -0.3 is 5.32 Å². The van der Waals surface area contributed by atoms with Crippen LogP contribution in [0.2, 0.25) is 0 Å². The minimum atomic E-state index is 0.553. The van der Waals surface area contributed by atoms with E-state index in [1.54, 1.807) is 17.5 Å². The molecule has 0 radical (unpaired) electrons. The Morgan fingerprint density at radius 3 is 2.83 bits per heavy atom. The lowest BCUT2D eigenvalue weighted by atomic mass is 10.3.